The van der Waals surface area contributed by atoms with Crippen molar-refractivity contribution in [1.82, 2.24) is 14.0 Å². The van der Waals surface area contributed by atoms with Gasteiger partial charge in [-0.1, -0.05) is 48.5 Å². The summed E-state index contributed by atoms with van der Waals surface area (Å²) in [7, 11) is 1.57. The van der Waals surface area contributed by atoms with E-state index in [1.165, 1.54) is 10.5 Å². The van der Waals surface area contributed by atoms with Crippen LogP contribution in [0.4, 0.5) is 0 Å². The molecule has 5 aromatic rings. The predicted octanol–water partition coefficient (Wildman–Crippen LogP) is 3.55. The van der Waals surface area contributed by atoms with E-state index in [0.29, 0.717) is 17.0 Å². The number of amides is 1. The Kier molecular flexibility index (Phi) is 7.31. The number of carbonyl (C=O) groups is 2. The highest BCUT2D eigenvalue weighted by Gasteiger charge is 2.20. The minimum atomic E-state index is -0.685. The second-order valence-corrected chi connectivity index (χ2v) is 8.79. The van der Waals surface area contributed by atoms with E-state index in [9.17, 15) is 14.4 Å². The minimum absolute atomic E-state index is 0.00341. The third-order valence-electron chi connectivity index (χ3n) is 6.21. The van der Waals surface area contributed by atoms with Crippen LogP contribution in [0.25, 0.3) is 16.7 Å². The first kappa shape index (κ1) is 25.6. The number of benzene rings is 2. The molecule has 0 unspecified atom stereocenters. The Balaban J connectivity index is 1.78. The van der Waals surface area contributed by atoms with Crippen LogP contribution in [0.3, 0.4) is 0 Å². The number of ether oxygens (including phenoxy) is 2. The van der Waals surface area contributed by atoms with Crippen molar-refractivity contribution in [2.24, 2.45) is 4.99 Å². The molecule has 5 rings (SSSR count). The molecule has 0 radical (unpaired) electrons. The molecule has 9 heteroatoms. The molecule has 1 amide bonds. The molecule has 0 N–H and O–H groups in total. The van der Waals surface area contributed by atoms with Gasteiger partial charge in [0.05, 0.1) is 32.1 Å². The highest BCUT2D eigenvalue weighted by Crippen LogP contribution is 2.15. The van der Waals surface area contributed by atoms with Gasteiger partial charge in [-0.15, -0.1) is 0 Å². The Morgan fingerprint density at radius 1 is 0.949 bits per heavy atom. The number of hydrogen-bond acceptors (Lipinski definition) is 6. The first-order valence-corrected chi connectivity index (χ1v) is 12.4. The van der Waals surface area contributed by atoms with Crippen LogP contribution in [-0.2, 0) is 22.5 Å². The standard InChI is InChI=1S/C30H26N4O5/c1-3-39-30(37)24-18-23-27(31-25-11-7-8-16-33(25)29(23)36)34(19-21-9-5-4-6-10-21)28(24)32-26(35)17-20-12-14-22(38-2)15-13-20/h4-16,18H,3,17,19H2,1-2H3. The number of fused-ring (bicyclic) bond motifs is 2. The molecule has 3 heterocycles. The molecule has 39 heavy (non-hydrogen) atoms. The highest BCUT2D eigenvalue weighted by molar-refractivity contribution is 5.94. The van der Waals surface area contributed by atoms with Gasteiger partial charge in [0.15, 0.2) is 5.49 Å². The average Bonchev–Trinajstić information content (AvgIpc) is 2.95. The van der Waals surface area contributed by atoms with Gasteiger partial charge < -0.3 is 14.0 Å². The third-order valence-corrected chi connectivity index (χ3v) is 6.21. The number of esters is 1. The molecule has 0 aliphatic carbocycles. The predicted molar refractivity (Wildman–Crippen MR) is 146 cm³/mol. The van der Waals surface area contributed by atoms with Gasteiger partial charge in [0.25, 0.3) is 11.5 Å². The first-order valence-electron chi connectivity index (χ1n) is 12.4. The number of methoxy groups -OCH3 is 1. The number of rotatable bonds is 7. The van der Waals surface area contributed by atoms with Crippen molar-refractivity contribution in [3.8, 4) is 5.75 Å². The topological polar surface area (TPSA) is 104 Å². The fourth-order valence-corrected chi connectivity index (χ4v) is 4.35. The molecule has 0 bridgehead atoms. The maximum atomic E-state index is 13.5. The van der Waals surface area contributed by atoms with E-state index in [0.717, 1.165) is 11.1 Å². The third kappa shape index (κ3) is 5.33. The van der Waals surface area contributed by atoms with Crippen LogP contribution < -0.4 is 15.8 Å². The lowest BCUT2D eigenvalue weighted by molar-refractivity contribution is -0.117. The van der Waals surface area contributed by atoms with Gasteiger partial charge in [-0.25, -0.2) is 9.78 Å². The molecule has 0 spiro atoms. The monoisotopic (exact) mass is 522 g/mol. The summed E-state index contributed by atoms with van der Waals surface area (Å²) >= 11 is 0. The lowest BCUT2D eigenvalue weighted by atomic mass is 10.1. The largest absolute Gasteiger partial charge is 0.497 e. The average molecular weight is 523 g/mol. The summed E-state index contributed by atoms with van der Waals surface area (Å²) in [6.45, 7) is 2.02. The van der Waals surface area contributed by atoms with E-state index in [-0.39, 0.29) is 41.6 Å². The Morgan fingerprint density at radius 2 is 1.69 bits per heavy atom. The van der Waals surface area contributed by atoms with Crippen LogP contribution in [0.5, 0.6) is 5.75 Å². The van der Waals surface area contributed by atoms with Crippen LogP contribution in [0.1, 0.15) is 28.4 Å². The molecule has 3 aromatic heterocycles. The van der Waals surface area contributed by atoms with Crippen molar-refractivity contribution in [2.75, 3.05) is 13.7 Å². The summed E-state index contributed by atoms with van der Waals surface area (Å²) in [6.07, 6.45) is 1.62. The van der Waals surface area contributed by atoms with Crippen molar-refractivity contribution >= 4 is 28.6 Å². The number of pyridine rings is 2. The summed E-state index contributed by atoms with van der Waals surface area (Å²) in [5.74, 6) is -0.480. The molecule has 0 fully saturated rings. The Hall–Kier alpha value is -5.05. The maximum Gasteiger partial charge on any atom is 0.341 e. The zero-order valence-corrected chi connectivity index (χ0v) is 21.5. The quantitative estimate of drug-likeness (QED) is 0.239. The summed E-state index contributed by atoms with van der Waals surface area (Å²) in [5, 5.41) is 0.208. The SMILES string of the molecule is CCOC(=O)c1cc2c(=O)n3ccccc3nc2n(Cc2ccccc2)c1=NC(=O)Cc1ccc(OC)cc1. The summed E-state index contributed by atoms with van der Waals surface area (Å²) in [4.78, 5) is 49.0. The van der Waals surface area contributed by atoms with Crippen LogP contribution in [0.2, 0.25) is 0 Å². The summed E-state index contributed by atoms with van der Waals surface area (Å²) in [5.41, 5.74) is 2.09. The smallest absolute Gasteiger partial charge is 0.341 e. The van der Waals surface area contributed by atoms with Gasteiger partial charge in [0, 0.05) is 6.20 Å². The normalized spacial score (nSPS) is 11.6. The second-order valence-electron chi connectivity index (χ2n) is 8.79. The van der Waals surface area contributed by atoms with Crippen LogP contribution in [-0.4, -0.2) is 39.5 Å². The van der Waals surface area contributed by atoms with Gasteiger partial charge >= 0.3 is 5.97 Å². The first-order chi connectivity index (χ1) is 19.0. The van der Waals surface area contributed by atoms with E-state index in [4.69, 9.17) is 14.5 Å². The second kappa shape index (κ2) is 11.1. The van der Waals surface area contributed by atoms with E-state index in [1.54, 1.807) is 67.3 Å². The van der Waals surface area contributed by atoms with Gasteiger partial charge in [-0.2, -0.15) is 4.99 Å². The Labute approximate surface area is 223 Å². The zero-order chi connectivity index (χ0) is 27.4. The Bertz CT molecular complexity index is 1810. The molecular formula is C30H26N4O5. The number of hydrogen-bond donors (Lipinski definition) is 0. The van der Waals surface area contributed by atoms with Crippen molar-refractivity contribution in [1.29, 1.82) is 0 Å². The van der Waals surface area contributed by atoms with Crippen LogP contribution >= 0.6 is 0 Å². The number of carbonyl (C=O) groups excluding carboxylic acids is 2. The van der Waals surface area contributed by atoms with Gasteiger partial charge in [-0.05, 0) is 48.4 Å². The van der Waals surface area contributed by atoms with Gasteiger partial charge in [0.1, 0.15) is 22.6 Å². The highest BCUT2D eigenvalue weighted by atomic mass is 16.5. The lowest BCUT2D eigenvalue weighted by Crippen LogP contribution is -2.33. The van der Waals surface area contributed by atoms with Crippen molar-refractivity contribution in [3.63, 3.8) is 0 Å². The van der Waals surface area contributed by atoms with E-state index in [1.807, 2.05) is 30.3 Å². The maximum absolute atomic E-state index is 13.5. The fourth-order valence-electron chi connectivity index (χ4n) is 4.35. The summed E-state index contributed by atoms with van der Waals surface area (Å²) in [6, 6.07) is 23.2. The minimum Gasteiger partial charge on any atom is -0.497 e. The number of nitrogens with zero attached hydrogens (tertiary/aromatic N) is 4. The number of aromatic nitrogens is 3. The molecule has 2 aromatic carbocycles. The molecule has 9 nitrogen and oxygen atoms in total. The lowest BCUT2D eigenvalue weighted by Gasteiger charge is -2.15. The van der Waals surface area contributed by atoms with Crippen LogP contribution in [0, 0.1) is 0 Å². The van der Waals surface area contributed by atoms with Crippen molar-refractivity contribution < 1.29 is 19.1 Å². The molecular weight excluding hydrogens is 496 g/mol. The molecule has 0 atom stereocenters. The molecule has 0 saturated carbocycles. The molecule has 0 aliphatic heterocycles. The van der Waals surface area contributed by atoms with E-state index in [2.05, 4.69) is 4.99 Å². The Morgan fingerprint density at radius 3 is 2.41 bits per heavy atom. The molecule has 196 valence electrons. The van der Waals surface area contributed by atoms with Gasteiger partial charge in [-0.3, -0.25) is 14.0 Å². The fraction of sp³-hybridized carbons (Fsp3) is 0.167. The zero-order valence-electron chi connectivity index (χ0n) is 21.5. The van der Waals surface area contributed by atoms with E-state index < -0.39 is 11.9 Å². The molecule has 0 saturated heterocycles. The van der Waals surface area contributed by atoms with Gasteiger partial charge in [0.2, 0.25) is 0 Å². The molecule has 0 aliphatic rings. The van der Waals surface area contributed by atoms with Crippen molar-refractivity contribution in [2.45, 2.75) is 19.9 Å². The van der Waals surface area contributed by atoms with E-state index >= 15 is 0 Å². The van der Waals surface area contributed by atoms with Crippen LogP contribution in [0.15, 0.2) is 94.8 Å². The van der Waals surface area contributed by atoms with Crippen molar-refractivity contribution in [3.05, 3.63) is 118 Å². The summed E-state index contributed by atoms with van der Waals surface area (Å²) < 4.78 is 13.5.